The van der Waals surface area contributed by atoms with Crippen molar-refractivity contribution in [2.24, 2.45) is 4.99 Å². The summed E-state index contributed by atoms with van der Waals surface area (Å²) in [7, 11) is 1.79. The maximum absolute atomic E-state index is 5.58. The minimum absolute atomic E-state index is 0.590. The Morgan fingerprint density at radius 2 is 2.17 bits per heavy atom. The molecule has 24 heavy (non-hydrogen) atoms. The van der Waals surface area contributed by atoms with Gasteiger partial charge in [-0.3, -0.25) is 4.99 Å². The molecule has 0 radical (unpaired) electrons. The first kappa shape index (κ1) is 16.9. The van der Waals surface area contributed by atoms with Gasteiger partial charge in [-0.2, -0.15) is 11.8 Å². The van der Waals surface area contributed by atoms with E-state index in [1.54, 1.807) is 13.3 Å². The van der Waals surface area contributed by atoms with Crippen molar-refractivity contribution in [1.82, 2.24) is 15.6 Å². The van der Waals surface area contributed by atoms with Crippen LogP contribution in [0.5, 0.6) is 0 Å². The lowest BCUT2D eigenvalue weighted by Gasteiger charge is -2.14. The SMILES string of the molecule is CN=C(NCc1coc(-c2ccc(C)cc2)n1)NCC1CCCS1. The topological polar surface area (TPSA) is 62.5 Å². The molecule has 1 aliphatic heterocycles. The van der Waals surface area contributed by atoms with Crippen LogP contribution in [-0.4, -0.2) is 35.5 Å². The lowest BCUT2D eigenvalue weighted by molar-refractivity contribution is 0.572. The standard InChI is InChI=1S/C18H24N4OS/c1-13-5-7-14(8-6-13)17-22-15(12-23-17)10-20-18(19-2)21-11-16-4-3-9-24-16/h5-8,12,16H,3-4,9-11H2,1-2H3,(H2,19,20,21). The zero-order chi connectivity index (χ0) is 16.8. The summed E-state index contributed by atoms with van der Waals surface area (Å²) in [4.78, 5) is 8.80. The lowest BCUT2D eigenvalue weighted by atomic mass is 10.1. The van der Waals surface area contributed by atoms with Gasteiger partial charge in [-0.25, -0.2) is 4.98 Å². The first-order chi connectivity index (χ1) is 11.7. The number of aryl methyl sites for hydroxylation is 1. The second-order valence-electron chi connectivity index (χ2n) is 5.95. The fraction of sp³-hybridized carbons (Fsp3) is 0.444. The zero-order valence-corrected chi connectivity index (χ0v) is 15.0. The van der Waals surface area contributed by atoms with Crippen LogP contribution in [0.25, 0.3) is 11.5 Å². The molecular formula is C18H24N4OS. The van der Waals surface area contributed by atoms with Gasteiger partial charge >= 0.3 is 0 Å². The van der Waals surface area contributed by atoms with Crippen LogP contribution in [0, 0.1) is 6.92 Å². The Labute approximate surface area is 147 Å². The Bertz CT molecular complexity index is 675. The van der Waals surface area contributed by atoms with E-state index in [1.807, 2.05) is 23.9 Å². The maximum atomic E-state index is 5.58. The molecule has 0 bridgehead atoms. The third-order valence-corrected chi connectivity index (χ3v) is 5.43. The van der Waals surface area contributed by atoms with E-state index in [1.165, 1.54) is 24.2 Å². The van der Waals surface area contributed by atoms with E-state index in [9.17, 15) is 0 Å². The molecule has 1 aromatic carbocycles. The van der Waals surface area contributed by atoms with Gasteiger partial charge in [-0.05, 0) is 37.7 Å². The molecule has 0 aliphatic carbocycles. The number of aliphatic imine (C=N–C) groups is 1. The van der Waals surface area contributed by atoms with Crippen LogP contribution in [0.2, 0.25) is 0 Å². The molecule has 128 valence electrons. The second kappa shape index (κ2) is 8.24. The molecule has 1 aliphatic rings. The van der Waals surface area contributed by atoms with Crippen molar-refractivity contribution < 1.29 is 4.42 Å². The van der Waals surface area contributed by atoms with Gasteiger partial charge in [0.1, 0.15) is 6.26 Å². The summed E-state index contributed by atoms with van der Waals surface area (Å²) < 4.78 is 5.58. The summed E-state index contributed by atoms with van der Waals surface area (Å²) in [6.07, 6.45) is 4.31. The summed E-state index contributed by atoms with van der Waals surface area (Å²) in [6.45, 7) is 3.61. The molecule has 1 unspecified atom stereocenters. The number of guanidine groups is 1. The van der Waals surface area contributed by atoms with Crippen molar-refractivity contribution in [2.45, 2.75) is 31.6 Å². The molecule has 0 spiro atoms. The molecule has 5 nitrogen and oxygen atoms in total. The first-order valence-corrected chi connectivity index (χ1v) is 9.37. The minimum atomic E-state index is 0.590. The molecule has 1 fully saturated rings. The van der Waals surface area contributed by atoms with Crippen molar-refractivity contribution in [3.05, 3.63) is 41.8 Å². The van der Waals surface area contributed by atoms with Crippen molar-refractivity contribution in [2.75, 3.05) is 19.3 Å². The van der Waals surface area contributed by atoms with Gasteiger partial charge in [-0.15, -0.1) is 0 Å². The highest BCUT2D eigenvalue weighted by Gasteiger charge is 2.15. The Kier molecular flexibility index (Phi) is 5.80. The highest BCUT2D eigenvalue weighted by atomic mass is 32.2. The molecular weight excluding hydrogens is 320 g/mol. The third-order valence-electron chi connectivity index (χ3n) is 4.03. The van der Waals surface area contributed by atoms with Crippen LogP contribution in [0.3, 0.4) is 0 Å². The Morgan fingerprint density at radius 3 is 2.88 bits per heavy atom. The van der Waals surface area contributed by atoms with Crippen molar-refractivity contribution in [3.63, 3.8) is 0 Å². The number of benzene rings is 1. The number of rotatable bonds is 5. The lowest BCUT2D eigenvalue weighted by Crippen LogP contribution is -2.39. The van der Waals surface area contributed by atoms with E-state index in [0.717, 1.165) is 23.8 Å². The molecule has 2 heterocycles. The molecule has 0 amide bonds. The van der Waals surface area contributed by atoms with Gasteiger partial charge in [0.15, 0.2) is 5.96 Å². The van der Waals surface area contributed by atoms with Gasteiger partial charge < -0.3 is 15.1 Å². The summed E-state index contributed by atoms with van der Waals surface area (Å²) in [5.74, 6) is 2.73. The van der Waals surface area contributed by atoms with Gasteiger partial charge in [0, 0.05) is 24.4 Å². The van der Waals surface area contributed by atoms with Crippen LogP contribution < -0.4 is 10.6 Å². The van der Waals surface area contributed by atoms with Gasteiger partial charge in [-0.1, -0.05) is 17.7 Å². The summed E-state index contributed by atoms with van der Waals surface area (Å²) >= 11 is 2.04. The fourth-order valence-corrected chi connectivity index (χ4v) is 3.83. The van der Waals surface area contributed by atoms with Crippen molar-refractivity contribution >= 4 is 17.7 Å². The number of nitrogens with one attached hydrogen (secondary N) is 2. The molecule has 1 aromatic heterocycles. The zero-order valence-electron chi connectivity index (χ0n) is 14.2. The highest BCUT2D eigenvalue weighted by Crippen LogP contribution is 2.25. The van der Waals surface area contributed by atoms with Crippen LogP contribution >= 0.6 is 11.8 Å². The van der Waals surface area contributed by atoms with Crippen LogP contribution in [0.4, 0.5) is 0 Å². The van der Waals surface area contributed by atoms with E-state index in [0.29, 0.717) is 17.7 Å². The second-order valence-corrected chi connectivity index (χ2v) is 7.36. The van der Waals surface area contributed by atoms with E-state index in [2.05, 4.69) is 39.7 Å². The first-order valence-electron chi connectivity index (χ1n) is 8.32. The molecule has 1 atom stereocenters. The average molecular weight is 344 g/mol. The molecule has 2 N–H and O–H groups in total. The quantitative estimate of drug-likeness (QED) is 0.644. The number of nitrogens with zero attached hydrogens (tertiary/aromatic N) is 2. The van der Waals surface area contributed by atoms with E-state index in [-0.39, 0.29) is 0 Å². The molecule has 6 heteroatoms. The van der Waals surface area contributed by atoms with Crippen LogP contribution in [-0.2, 0) is 6.54 Å². The Hall–Kier alpha value is -1.95. The van der Waals surface area contributed by atoms with Crippen LogP contribution in [0.1, 0.15) is 24.1 Å². The predicted octanol–water partition coefficient (Wildman–Crippen LogP) is 3.21. The molecule has 3 rings (SSSR count). The fourth-order valence-electron chi connectivity index (χ4n) is 2.63. The summed E-state index contributed by atoms with van der Waals surface area (Å²) in [6, 6.07) is 8.17. The number of hydrogen-bond acceptors (Lipinski definition) is 4. The Balaban J connectivity index is 1.51. The molecule has 2 aromatic rings. The summed E-state index contributed by atoms with van der Waals surface area (Å²) in [5.41, 5.74) is 3.08. The monoisotopic (exact) mass is 344 g/mol. The summed E-state index contributed by atoms with van der Waals surface area (Å²) in [5, 5.41) is 7.37. The minimum Gasteiger partial charge on any atom is -0.444 e. The van der Waals surface area contributed by atoms with Crippen LogP contribution in [0.15, 0.2) is 39.9 Å². The van der Waals surface area contributed by atoms with Gasteiger partial charge in [0.2, 0.25) is 5.89 Å². The number of hydrogen-bond donors (Lipinski definition) is 2. The molecule has 1 saturated heterocycles. The largest absolute Gasteiger partial charge is 0.444 e. The van der Waals surface area contributed by atoms with Crippen molar-refractivity contribution in [1.29, 1.82) is 0 Å². The smallest absolute Gasteiger partial charge is 0.226 e. The molecule has 0 saturated carbocycles. The Morgan fingerprint density at radius 1 is 1.33 bits per heavy atom. The van der Waals surface area contributed by atoms with E-state index >= 15 is 0 Å². The van der Waals surface area contributed by atoms with Gasteiger partial charge in [0.05, 0.1) is 12.2 Å². The normalized spacial score (nSPS) is 17.9. The maximum Gasteiger partial charge on any atom is 0.226 e. The predicted molar refractivity (Wildman–Crippen MR) is 100 cm³/mol. The van der Waals surface area contributed by atoms with Crippen molar-refractivity contribution in [3.8, 4) is 11.5 Å². The number of oxazole rings is 1. The van der Waals surface area contributed by atoms with E-state index in [4.69, 9.17) is 4.42 Å². The average Bonchev–Trinajstić information content (AvgIpc) is 3.27. The highest BCUT2D eigenvalue weighted by molar-refractivity contribution is 8.00. The number of thioether (sulfide) groups is 1. The third kappa shape index (κ3) is 4.54. The van der Waals surface area contributed by atoms with Gasteiger partial charge in [0.25, 0.3) is 0 Å². The number of aromatic nitrogens is 1. The van der Waals surface area contributed by atoms with E-state index < -0.39 is 0 Å².